The second-order valence-electron chi connectivity index (χ2n) is 19.4. The highest BCUT2D eigenvalue weighted by molar-refractivity contribution is 6.94. The molecule has 1 fully saturated rings. The van der Waals surface area contributed by atoms with Gasteiger partial charge < -0.3 is 14.5 Å². The summed E-state index contributed by atoms with van der Waals surface area (Å²) in [6.45, 7) is 12.2. The van der Waals surface area contributed by atoms with Crippen molar-refractivity contribution in [2.24, 2.45) is 5.92 Å². The number of anilines is 4. The van der Waals surface area contributed by atoms with Crippen LogP contribution >= 0.6 is 0 Å². The predicted octanol–water partition coefficient (Wildman–Crippen LogP) is 13.0. The molecule has 59 heavy (non-hydrogen) atoms. The van der Waals surface area contributed by atoms with Gasteiger partial charge >= 0.3 is 6.85 Å². The molecule has 5 aliphatic rings. The predicted molar refractivity (Wildman–Crippen MR) is 247 cm³/mol. The van der Waals surface area contributed by atoms with Crippen molar-refractivity contribution >= 4 is 62.5 Å². The van der Waals surface area contributed by atoms with Crippen molar-refractivity contribution in [2.45, 2.75) is 76.5 Å². The van der Waals surface area contributed by atoms with Gasteiger partial charge in [0.1, 0.15) is 11.2 Å². The van der Waals surface area contributed by atoms with E-state index in [2.05, 4.69) is 178 Å². The lowest BCUT2D eigenvalue weighted by Gasteiger charge is -2.52. The van der Waals surface area contributed by atoms with Crippen LogP contribution in [0.2, 0.25) is 0 Å². The Morgan fingerprint density at radius 2 is 1.37 bits per heavy atom. The summed E-state index contributed by atoms with van der Waals surface area (Å²) in [5.41, 5.74) is 22.7. The Balaban J connectivity index is 1.22. The first-order valence-electron chi connectivity index (χ1n) is 21.9. The van der Waals surface area contributed by atoms with E-state index in [0.717, 1.165) is 16.9 Å². The summed E-state index contributed by atoms with van der Waals surface area (Å²) in [6.07, 6.45) is 5.03. The molecule has 7 aromatic carbocycles. The standard InChI is InChI=1S/C55H47BN2O/c1-32-17-14-15-28-54(32,5)42-29-33(53(2,3)4)30-43-51(42)57-44-31-47-48(36-20-8-13-27-46(36)59-47)49-37-21-16-25-41-52(37)58(56(43)50(44)49)45-26-12-11-24-40(45)55(41)38-22-9-6-18-34(38)35-19-7-10-23-39(35)55/h6-13,16,18-27,29-32,57H,14-15,17,28H2,1-5H3. The molecule has 0 radical (unpaired) electrons. The first-order valence-corrected chi connectivity index (χ1v) is 21.9. The second kappa shape index (κ2) is 11.4. The van der Waals surface area contributed by atoms with Gasteiger partial charge in [-0.15, -0.1) is 0 Å². The third-order valence-corrected chi connectivity index (χ3v) is 15.6. The first-order chi connectivity index (χ1) is 28.7. The molecule has 0 amide bonds. The van der Waals surface area contributed by atoms with Crippen LogP contribution in [0.4, 0.5) is 22.7 Å². The Labute approximate surface area is 347 Å². The SMILES string of the molecule is CC1CCCCC1(C)c1cc(C(C)(C)C)cc2c1Nc1cc3oc4ccccc4c3c3c1B2N1c2ccccc2C2(c4ccccc4-c4ccccc42)c2cccc-3c21. The van der Waals surface area contributed by atoms with E-state index in [9.17, 15) is 0 Å². The molecule has 4 heteroatoms. The molecule has 286 valence electrons. The normalized spacial score (nSPS) is 20.1. The number of para-hydroxylation sites is 3. The van der Waals surface area contributed by atoms with Gasteiger partial charge in [-0.3, -0.25) is 0 Å². The zero-order chi connectivity index (χ0) is 39.6. The summed E-state index contributed by atoms with van der Waals surface area (Å²) in [7, 11) is 0. The largest absolute Gasteiger partial charge is 0.456 e. The minimum atomic E-state index is -0.489. The molecule has 2 atom stereocenters. The maximum absolute atomic E-state index is 6.86. The molecule has 1 spiro atoms. The summed E-state index contributed by atoms with van der Waals surface area (Å²) in [4.78, 5) is 2.78. The Bertz CT molecular complexity index is 3100. The van der Waals surface area contributed by atoms with Gasteiger partial charge in [-0.25, -0.2) is 0 Å². The molecule has 2 aliphatic carbocycles. The lowest BCUT2D eigenvalue weighted by atomic mass is 9.41. The highest BCUT2D eigenvalue weighted by Crippen LogP contribution is 2.65. The van der Waals surface area contributed by atoms with Gasteiger partial charge in [0.15, 0.2) is 0 Å². The zero-order valence-electron chi connectivity index (χ0n) is 34.5. The van der Waals surface area contributed by atoms with Crippen LogP contribution in [0.3, 0.4) is 0 Å². The Morgan fingerprint density at radius 1 is 0.695 bits per heavy atom. The molecule has 8 aromatic rings. The summed E-state index contributed by atoms with van der Waals surface area (Å²) in [6, 6.07) is 51.0. The van der Waals surface area contributed by atoms with E-state index in [0.29, 0.717) is 5.92 Å². The van der Waals surface area contributed by atoms with E-state index >= 15 is 0 Å². The van der Waals surface area contributed by atoms with E-state index in [1.165, 1.54) is 120 Å². The molecule has 13 rings (SSSR count). The average molecular weight is 763 g/mol. The van der Waals surface area contributed by atoms with Crippen molar-refractivity contribution in [1.29, 1.82) is 0 Å². The van der Waals surface area contributed by atoms with Crippen LogP contribution in [-0.2, 0) is 16.2 Å². The lowest BCUT2D eigenvalue weighted by molar-refractivity contribution is 0.222. The average Bonchev–Trinajstić information content (AvgIpc) is 3.77. The molecule has 1 saturated carbocycles. The van der Waals surface area contributed by atoms with Crippen LogP contribution in [0, 0.1) is 5.92 Å². The topological polar surface area (TPSA) is 28.4 Å². The summed E-state index contributed by atoms with van der Waals surface area (Å²) in [5.74, 6) is 0.573. The first kappa shape index (κ1) is 33.9. The zero-order valence-corrected chi connectivity index (χ0v) is 34.5. The van der Waals surface area contributed by atoms with Crippen molar-refractivity contribution in [3.8, 4) is 22.3 Å². The number of nitrogens with zero attached hydrogens (tertiary/aromatic N) is 1. The van der Waals surface area contributed by atoms with E-state index in [4.69, 9.17) is 4.42 Å². The maximum atomic E-state index is 6.86. The van der Waals surface area contributed by atoms with E-state index in [-0.39, 0.29) is 17.7 Å². The maximum Gasteiger partial charge on any atom is 0.333 e. The lowest BCUT2D eigenvalue weighted by Crippen LogP contribution is -2.62. The minimum absolute atomic E-state index is 0.0370. The smallest absolute Gasteiger partial charge is 0.333 e. The molecule has 1 aromatic heterocycles. The molecular formula is C55H47BN2O. The summed E-state index contributed by atoms with van der Waals surface area (Å²) >= 11 is 0. The monoisotopic (exact) mass is 762 g/mol. The van der Waals surface area contributed by atoms with Crippen molar-refractivity contribution in [1.82, 2.24) is 0 Å². The molecule has 0 saturated heterocycles. The Morgan fingerprint density at radius 3 is 2.14 bits per heavy atom. The Hall–Kier alpha value is -6.00. The Kier molecular flexibility index (Phi) is 6.55. The van der Waals surface area contributed by atoms with Gasteiger partial charge in [-0.05, 0) is 103 Å². The van der Waals surface area contributed by atoms with Crippen LogP contribution in [0.25, 0.3) is 44.2 Å². The quantitative estimate of drug-likeness (QED) is 0.169. The van der Waals surface area contributed by atoms with Crippen molar-refractivity contribution in [2.75, 3.05) is 10.1 Å². The van der Waals surface area contributed by atoms with Crippen molar-refractivity contribution in [3.05, 3.63) is 167 Å². The van der Waals surface area contributed by atoms with Crippen molar-refractivity contribution < 1.29 is 4.42 Å². The number of rotatable bonds is 1. The third kappa shape index (κ3) is 4.10. The fourth-order valence-corrected chi connectivity index (χ4v) is 12.6. The number of hydrogen-bond donors (Lipinski definition) is 1. The van der Waals surface area contributed by atoms with Gasteiger partial charge in [0.25, 0.3) is 0 Å². The number of hydrogen-bond acceptors (Lipinski definition) is 3. The third-order valence-electron chi connectivity index (χ3n) is 15.6. The summed E-state index contributed by atoms with van der Waals surface area (Å²) in [5, 5.41) is 6.61. The number of furan rings is 1. The fourth-order valence-electron chi connectivity index (χ4n) is 12.6. The van der Waals surface area contributed by atoms with Crippen molar-refractivity contribution in [3.63, 3.8) is 0 Å². The number of benzene rings is 7. The minimum Gasteiger partial charge on any atom is -0.456 e. The van der Waals surface area contributed by atoms with Crippen LogP contribution in [0.1, 0.15) is 93.7 Å². The molecule has 2 unspecified atom stereocenters. The van der Waals surface area contributed by atoms with Crippen LogP contribution in [0.15, 0.2) is 138 Å². The van der Waals surface area contributed by atoms with Gasteiger partial charge in [-0.2, -0.15) is 0 Å². The molecule has 1 N–H and O–H groups in total. The highest BCUT2D eigenvalue weighted by atomic mass is 16.3. The van der Waals surface area contributed by atoms with Gasteiger partial charge in [-0.1, -0.05) is 163 Å². The van der Waals surface area contributed by atoms with Crippen LogP contribution in [0.5, 0.6) is 0 Å². The van der Waals surface area contributed by atoms with E-state index in [1.54, 1.807) is 0 Å². The number of nitrogens with one attached hydrogen (secondary N) is 1. The molecular weight excluding hydrogens is 715 g/mol. The molecule has 0 bridgehead atoms. The second-order valence-corrected chi connectivity index (χ2v) is 19.4. The van der Waals surface area contributed by atoms with Gasteiger partial charge in [0, 0.05) is 45.2 Å². The van der Waals surface area contributed by atoms with Gasteiger partial charge in [0.2, 0.25) is 0 Å². The summed E-state index contributed by atoms with van der Waals surface area (Å²) < 4.78 is 6.86. The van der Waals surface area contributed by atoms with Crippen LogP contribution in [-0.4, -0.2) is 6.85 Å². The van der Waals surface area contributed by atoms with Crippen LogP contribution < -0.4 is 21.1 Å². The van der Waals surface area contributed by atoms with E-state index < -0.39 is 5.41 Å². The van der Waals surface area contributed by atoms with Gasteiger partial charge in [0.05, 0.1) is 5.41 Å². The molecule has 3 nitrogen and oxygen atoms in total. The molecule has 4 heterocycles. The molecule has 3 aliphatic heterocycles. The highest BCUT2D eigenvalue weighted by Gasteiger charge is 2.56. The van der Waals surface area contributed by atoms with E-state index in [1.807, 2.05) is 0 Å². The number of fused-ring (bicyclic) bond motifs is 17. The fraction of sp³-hybridized carbons (Fsp3) is 0.236.